The highest BCUT2D eigenvalue weighted by molar-refractivity contribution is 5.61. The average Bonchev–Trinajstić information content (AvgIpc) is 2.62. The molecule has 3 aromatic rings. The van der Waals surface area contributed by atoms with Crippen molar-refractivity contribution in [3.05, 3.63) is 87.5 Å². The van der Waals surface area contributed by atoms with Crippen LogP contribution in [0.5, 0.6) is 0 Å². The summed E-state index contributed by atoms with van der Waals surface area (Å²) in [6.45, 7) is 0. The van der Waals surface area contributed by atoms with E-state index in [0.717, 1.165) is 17.2 Å². The van der Waals surface area contributed by atoms with E-state index in [0.29, 0.717) is 0 Å². The Kier molecular flexibility index (Phi) is 3.94. The first-order chi connectivity index (χ1) is 11.6. The summed E-state index contributed by atoms with van der Waals surface area (Å²) in [7, 11) is 0. The number of non-ortho nitro benzene ring substituents is 1. The van der Waals surface area contributed by atoms with Gasteiger partial charge in [-0.3, -0.25) is 25.2 Å². The lowest BCUT2D eigenvalue weighted by Crippen LogP contribution is -2.30. The molecular weight excluding hydrogens is 312 g/mol. The van der Waals surface area contributed by atoms with Crippen molar-refractivity contribution >= 4 is 11.4 Å². The molecule has 0 radical (unpaired) electrons. The average molecular weight is 323 g/mol. The Morgan fingerprint density at radius 3 is 2.04 bits per heavy atom. The number of rotatable bonds is 4. The predicted molar refractivity (Wildman–Crippen MR) is 84.5 cm³/mol. The zero-order valence-corrected chi connectivity index (χ0v) is 12.3. The van der Waals surface area contributed by atoms with Crippen LogP contribution in [0.4, 0.5) is 11.4 Å². The molecule has 8 heteroatoms. The minimum absolute atomic E-state index is 0.256. The van der Waals surface area contributed by atoms with Crippen LogP contribution in [-0.4, -0.2) is 14.8 Å². The third-order valence-electron chi connectivity index (χ3n) is 3.49. The number of benzene rings is 1. The lowest BCUT2D eigenvalue weighted by Gasteiger charge is -2.01. The largest absolute Gasteiger partial charge is 0.347 e. The number of nitro groups is 2. The van der Waals surface area contributed by atoms with Gasteiger partial charge in [-0.25, -0.2) is 0 Å². The zero-order valence-electron chi connectivity index (χ0n) is 12.3. The van der Waals surface area contributed by atoms with Crippen LogP contribution in [0.1, 0.15) is 0 Å². The first-order valence-corrected chi connectivity index (χ1v) is 6.91. The summed E-state index contributed by atoms with van der Waals surface area (Å²) >= 11 is 0. The molecular formula is C16H11N4O4+. The summed E-state index contributed by atoms with van der Waals surface area (Å²) in [6, 6.07) is 10.9. The Bertz CT molecular complexity index is 911. The van der Waals surface area contributed by atoms with Crippen molar-refractivity contribution in [1.29, 1.82) is 0 Å². The second kappa shape index (κ2) is 6.21. The van der Waals surface area contributed by atoms with Crippen LogP contribution in [0, 0.1) is 20.2 Å². The lowest BCUT2D eigenvalue weighted by atomic mass is 10.1. The van der Waals surface area contributed by atoms with Crippen LogP contribution in [-0.2, 0) is 0 Å². The molecule has 0 aliphatic heterocycles. The summed E-state index contributed by atoms with van der Waals surface area (Å²) < 4.78 is 1.55. The highest BCUT2D eigenvalue weighted by Crippen LogP contribution is 2.25. The predicted octanol–water partition coefficient (Wildman–Crippen LogP) is 2.84. The summed E-state index contributed by atoms with van der Waals surface area (Å²) in [5.74, 6) is 0. The number of pyridine rings is 2. The van der Waals surface area contributed by atoms with Crippen LogP contribution >= 0.6 is 0 Å². The fourth-order valence-electron chi connectivity index (χ4n) is 2.31. The molecule has 3 rings (SSSR count). The lowest BCUT2D eigenvalue weighted by molar-refractivity contribution is -0.600. The van der Waals surface area contributed by atoms with Crippen molar-refractivity contribution in [2.45, 2.75) is 0 Å². The second-order valence-corrected chi connectivity index (χ2v) is 4.92. The van der Waals surface area contributed by atoms with Gasteiger partial charge in [0.2, 0.25) is 0 Å². The maximum atomic E-state index is 11.2. The molecule has 0 spiro atoms. The Morgan fingerprint density at radius 2 is 1.46 bits per heavy atom. The molecule has 0 aliphatic carbocycles. The van der Waals surface area contributed by atoms with Crippen molar-refractivity contribution in [2.75, 3.05) is 0 Å². The van der Waals surface area contributed by atoms with Crippen LogP contribution in [0.15, 0.2) is 67.3 Å². The molecule has 0 amide bonds. The van der Waals surface area contributed by atoms with E-state index in [-0.39, 0.29) is 17.1 Å². The van der Waals surface area contributed by atoms with E-state index in [4.69, 9.17) is 0 Å². The summed E-state index contributed by atoms with van der Waals surface area (Å²) in [4.78, 5) is 24.7. The summed E-state index contributed by atoms with van der Waals surface area (Å²) in [5, 5.41) is 22.0. The van der Waals surface area contributed by atoms with E-state index >= 15 is 0 Å². The minimum Gasteiger partial charge on any atom is -0.265 e. The van der Waals surface area contributed by atoms with Gasteiger partial charge in [0.25, 0.3) is 11.4 Å². The van der Waals surface area contributed by atoms with Crippen molar-refractivity contribution in [3.8, 4) is 16.8 Å². The smallest absolute Gasteiger partial charge is 0.265 e. The van der Waals surface area contributed by atoms with E-state index in [2.05, 4.69) is 4.98 Å². The number of nitro benzene ring substituents is 2. The van der Waals surface area contributed by atoms with Crippen molar-refractivity contribution in [3.63, 3.8) is 0 Å². The molecule has 0 unspecified atom stereocenters. The third-order valence-corrected chi connectivity index (χ3v) is 3.49. The highest BCUT2D eigenvalue weighted by atomic mass is 16.6. The van der Waals surface area contributed by atoms with Gasteiger partial charge in [-0.05, 0) is 23.3 Å². The normalized spacial score (nSPS) is 10.3. The van der Waals surface area contributed by atoms with Crippen LogP contribution in [0.3, 0.4) is 0 Å². The molecule has 0 atom stereocenters. The van der Waals surface area contributed by atoms with Gasteiger partial charge in [-0.2, -0.15) is 4.57 Å². The van der Waals surface area contributed by atoms with Gasteiger partial charge < -0.3 is 0 Å². The van der Waals surface area contributed by atoms with Crippen LogP contribution < -0.4 is 4.57 Å². The Labute approximate surface area is 136 Å². The van der Waals surface area contributed by atoms with Crippen LogP contribution in [0.25, 0.3) is 16.8 Å². The Morgan fingerprint density at radius 1 is 0.833 bits per heavy atom. The fourth-order valence-corrected chi connectivity index (χ4v) is 2.31. The van der Waals surface area contributed by atoms with Crippen molar-refractivity contribution in [1.82, 2.24) is 4.98 Å². The summed E-state index contributed by atoms with van der Waals surface area (Å²) in [6.07, 6.45) is 6.70. The molecule has 0 aliphatic rings. The monoisotopic (exact) mass is 323 g/mol. The summed E-state index contributed by atoms with van der Waals surface area (Å²) in [5.41, 5.74) is 1.51. The third kappa shape index (κ3) is 2.93. The molecule has 0 bridgehead atoms. The Hall–Kier alpha value is -3.68. The van der Waals surface area contributed by atoms with Gasteiger partial charge in [0.1, 0.15) is 6.07 Å². The molecule has 0 saturated carbocycles. The number of aromatic nitrogens is 2. The van der Waals surface area contributed by atoms with Gasteiger partial charge in [0.15, 0.2) is 12.4 Å². The van der Waals surface area contributed by atoms with E-state index in [1.54, 1.807) is 41.5 Å². The minimum atomic E-state index is -0.659. The SMILES string of the molecule is O=[N+]([O-])c1ccc(-[n+]2ccc(-c3ccncc3)cc2)c([N+](=O)[O-])c1. The molecule has 118 valence electrons. The first-order valence-electron chi connectivity index (χ1n) is 6.91. The van der Waals surface area contributed by atoms with Crippen molar-refractivity contribution < 1.29 is 14.4 Å². The molecule has 2 heterocycles. The number of nitrogens with zero attached hydrogens (tertiary/aromatic N) is 4. The molecule has 0 saturated heterocycles. The maximum Gasteiger partial charge on any atom is 0.347 e. The molecule has 2 aromatic heterocycles. The zero-order chi connectivity index (χ0) is 17.1. The molecule has 8 nitrogen and oxygen atoms in total. The van der Waals surface area contributed by atoms with Gasteiger partial charge in [-0.1, -0.05) is 0 Å². The van der Waals surface area contributed by atoms with Crippen LogP contribution in [0.2, 0.25) is 0 Å². The van der Waals surface area contributed by atoms with Gasteiger partial charge in [0, 0.05) is 36.7 Å². The standard InChI is InChI=1S/C16H11N4O4/c21-19(22)14-1-2-15(16(11-14)20(23)24)18-9-5-13(6-10-18)12-3-7-17-8-4-12/h1-11H/q+1. The number of hydrogen-bond donors (Lipinski definition) is 0. The maximum absolute atomic E-state index is 11.2. The fraction of sp³-hybridized carbons (Fsp3) is 0. The van der Waals surface area contributed by atoms with Gasteiger partial charge in [-0.15, -0.1) is 0 Å². The first kappa shape index (κ1) is 15.2. The highest BCUT2D eigenvalue weighted by Gasteiger charge is 2.26. The van der Waals surface area contributed by atoms with E-state index in [9.17, 15) is 20.2 Å². The molecule has 0 fully saturated rings. The van der Waals surface area contributed by atoms with Crippen molar-refractivity contribution in [2.24, 2.45) is 0 Å². The number of hydrogen-bond acceptors (Lipinski definition) is 5. The second-order valence-electron chi connectivity index (χ2n) is 4.92. The quantitative estimate of drug-likeness (QED) is 0.417. The molecule has 24 heavy (non-hydrogen) atoms. The van der Waals surface area contributed by atoms with Gasteiger partial charge >= 0.3 is 5.69 Å². The molecule has 0 N–H and O–H groups in total. The van der Waals surface area contributed by atoms with E-state index in [1.165, 1.54) is 12.1 Å². The topological polar surface area (TPSA) is 103 Å². The van der Waals surface area contributed by atoms with E-state index in [1.807, 2.05) is 12.1 Å². The van der Waals surface area contributed by atoms with Gasteiger partial charge in [0.05, 0.1) is 9.85 Å². The van der Waals surface area contributed by atoms with E-state index < -0.39 is 9.85 Å². The molecule has 1 aromatic carbocycles. The Balaban J connectivity index is 2.03.